The van der Waals surface area contributed by atoms with E-state index in [-0.39, 0.29) is 5.97 Å². The van der Waals surface area contributed by atoms with Crippen molar-refractivity contribution in [2.75, 3.05) is 11.9 Å². The van der Waals surface area contributed by atoms with E-state index < -0.39 is 5.60 Å². The highest BCUT2D eigenvalue weighted by atomic mass is 35.5. The van der Waals surface area contributed by atoms with Crippen LogP contribution in [0.25, 0.3) is 0 Å². The predicted octanol–water partition coefficient (Wildman–Crippen LogP) is 4.06. The zero-order valence-corrected chi connectivity index (χ0v) is 15.0. The first-order valence-corrected chi connectivity index (χ1v) is 7.99. The molecule has 22 heavy (non-hydrogen) atoms. The van der Waals surface area contributed by atoms with E-state index in [1.165, 1.54) is 0 Å². The maximum absolute atomic E-state index is 11.6. The van der Waals surface area contributed by atoms with Crippen molar-refractivity contribution in [3.05, 3.63) is 28.8 Å². The fourth-order valence-corrected chi connectivity index (χ4v) is 2.21. The van der Waals surface area contributed by atoms with Gasteiger partial charge in [0.15, 0.2) is 5.11 Å². The number of carbonyl (C=O) groups excluding carboxylic acids is 1. The van der Waals surface area contributed by atoms with Crippen molar-refractivity contribution in [3.8, 4) is 0 Å². The fraction of sp³-hybridized carbons (Fsp3) is 0.500. The molecule has 0 unspecified atom stereocenters. The van der Waals surface area contributed by atoms with Crippen molar-refractivity contribution in [1.29, 1.82) is 0 Å². The number of halogens is 1. The third-order valence-electron chi connectivity index (χ3n) is 2.64. The lowest BCUT2D eigenvalue weighted by Gasteiger charge is -2.19. The van der Waals surface area contributed by atoms with Gasteiger partial charge in [0.25, 0.3) is 0 Å². The number of ether oxygens (including phenoxy) is 1. The monoisotopic (exact) mass is 342 g/mol. The molecule has 0 radical (unpaired) electrons. The summed E-state index contributed by atoms with van der Waals surface area (Å²) >= 11 is 11.3. The van der Waals surface area contributed by atoms with Gasteiger partial charge in [-0.3, -0.25) is 4.79 Å². The molecule has 122 valence electrons. The lowest BCUT2D eigenvalue weighted by Crippen LogP contribution is -2.30. The summed E-state index contributed by atoms with van der Waals surface area (Å²) < 4.78 is 5.23. The molecule has 0 saturated heterocycles. The minimum Gasteiger partial charge on any atom is -0.460 e. The SMILES string of the molecule is Cc1ccc(NC(=S)NCCCC(=O)OC(C)(C)C)c(Cl)c1. The number of carbonyl (C=O) groups is 1. The summed E-state index contributed by atoms with van der Waals surface area (Å²) in [5.74, 6) is -0.199. The third-order valence-corrected chi connectivity index (χ3v) is 3.20. The zero-order chi connectivity index (χ0) is 16.8. The van der Waals surface area contributed by atoms with Crippen molar-refractivity contribution in [2.24, 2.45) is 0 Å². The quantitative estimate of drug-likeness (QED) is 0.480. The van der Waals surface area contributed by atoms with Gasteiger partial charge in [0, 0.05) is 13.0 Å². The molecule has 0 aliphatic carbocycles. The molecule has 0 atom stereocenters. The summed E-state index contributed by atoms with van der Waals surface area (Å²) in [5, 5.41) is 7.19. The standard InChI is InChI=1S/C16H23ClN2O2S/c1-11-7-8-13(12(17)10-11)19-15(22)18-9-5-6-14(20)21-16(2,3)4/h7-8,10H,5-6,9H2,1-4H3,(H2,18,19,22). The van der Waals surface area contributed by atoms with Gasteiger partial charge in [0.2, 0.25) is 0 Å². The zero-order valence-electron chi connectivity index (χ0n) is 13.5. The summed E-state index contributed by atoms with van der Waals surface area (Å²) in [6.07, 6.45) is 1.01. The Morgan fingerprint density at radius 3 is 2.64 bits per heavy atom. The third kappa shape index (κ3) is 7.61. The van der Waals surface area contributed by atoms with Crippen LogP contribution in [0.5, 0.6) is 0 Å². The number of thiocarbonyl (C=S) groups is 1. The second kappa shape index (κ2) is 8.34. The molecule has 0 aliphatic heterocycles. The van der Waals surface area contributed by atoms with Gasteiger partial charge in [-0.1, -0.05) is 17.7 Å². The largest absolute Gasteiger partial charge is 0.460 e. The Labute approximate surface area is 142 Å². The molecule has 0 saturated carbocycles. The van der Waals surface area contributed by atoms with Crippen molar-refractivity contribution < 1.29 is 9.53 Å². The Kier molecular flexibility index (Phi) is 7.10. The number of rotatable bonds is 5. The van der Waals surface area contributed by atoms with Gasteiger partial charge >= 0.3 is 5.97 Å². The van der Waals surface area contributed by atoms with Gasteiger partial charge in [-0.05, 0) is 64.0 Å². The molecule has 0 aromatic heterocycles. The molecule has 0 fully saturated rings. The first kappa shape index (κ1) is 18.7. The molecule has 1 aromatic carbocycles. The molecular weight excluding hydrogens is 320 g/mol. The maximum atomic E-state index is 11.6. The molecule has 0 bridgehead atoms. The topological polar surface area (TPSA) is 50.4 Å². The average molecular weight is 343 g/mol. The number of hydrogen-bond acceptors (Lipinski definition) is 3. The van der Waals surface area contributed by atoms with E-state index in [2.05, 4.69) is 10.6 Å². The van der Waals surface area contributed by atoms with Crippen LogP contribution >= 0.6 is 23.8 Å². The van der Waals surface area contributed by atoms with Crippen LogP contribution < -0.4 is 10.6 Å². The van der Waals surface area contributed by atoms with Gasteiger partial charge in [0.1, 0.15) is 5.60 Å². The highest BCUT2D eigenvalue weighted by Crippen LogP contribution is 2.22. The molecule has 4 nitrogen and oxygen atoms in total. The van der Waals surface area contributed by atoms with Crippen molar-refractivity contribution in [2.45, 2.75) is 46.1 Å². The Bertz CT molecular complexity index is 541. The molecule has 0 spiro atoms. The van der Waals surface area contributed by atoms with Crippen molar-refractivity contribution in [1.82, 2.24) is 5.32 Å². The molecule has 2 N–H and O–H groups in total. The normalized spacial score (nSPS) is 11.0. The molecule has 6 heteroatoms. The Balaban J connectivity index is 2.28. The van der Waals surface area contributed by atoms with Crippen LogP contribution in [-0.4, -0.2) is 23.2 Å². The molecule has 1 rings (SSSR count). The van der Waals surface area contributed by atoms with Crippen LogP contribution in [0, 0.1) is 6.92 Å². The van der Waals surface area contributed by atoms with Crippen molar-refractivity contribution >= 4 is 40.6 Å². The van der Waals surface area contributed by atoms with Gasteiger partial charge < -0.3 is 15.4 Å². The summed E-state index contributed by atoms with van der Waals surface area (Å²) in [6, 6.07) is 5.71. The second-order valence-corrected chi connectivity index (χ2v) is 6.87. The lowest BCUT2D eigenvalue weighted by molar-refractivity contribution is -0.154. The Hall–Kier alpha value is -1.33. The first-order valence-electron chi connectivity index (χ1n) is 7.20. The van der Waals surface area contributed by atoms with Crippen LogP contribution in [0.2, 0.25) is 5.02 Å². The minimum absolute atomic E-state index is 0.199. The summed E-state index contributed by atoms with van der Waals surface area (Å²) in [4.78, 5) is 11.6. The second-order valence-electron chi connectivity index (χ2n) is 6.05. The van der Waals surface area contributed by atoms with Crippen LogP contribution in [-0.2, 0) is 9.53 Å². The predicted molar refractivity (Wildman–Crippen MR) is 95.5 cm³/mol. The number of benzene rings is 1. The number of hydrogen-bond donors (Lipinski definition) is 2. The molecule has 0 amide bonds. The maximum Gasteiger partial charge on any atom is 0.306 e. The number of esters is 1. The van der Waals surface area contributed by atoms with E-state index in [9.17, 15) is 4.79 Å². The number of aryl methyl sites for hydroxylation is 1. The Morgan fingerprint density at radius 2 is 2.05 bits per heavy atom. The fourth-order valence-electron chi connectivity index (χ4n) is 1.72. The molecule has 1 aromatic rings. The average Bonchev–Trinajstić information content (AvgIpc) is 2.36. The lowest BCUT2D eigenvalue weighted by atomic mass is 10.2. The van der Waals surface area contributed by atoms with Gasteiger partial charge in [0.05, 0.1) is 10.7 Å². The molecule has 0 aliphatic rings. The van der Waals surface area contributed by atoms with E-state index in [0.717, 1.165) is 11.3 Å². The highest BCUT2D eigenvalue weighted by Gasteiger charge is 2.15. The van der Waals surface area contributed by atoms with E-state index in [1.54, 1.807) is 0 Å². The summed E-state index contributed by atoms with van der Waals surface area (Å²) in [5.41, 5.74) is 1.41. The van der Waals surface area contributed by atoms with E-state index in [0.29, 0.717) is 29.5 Å². The number of nitrogens with one attached hydrogen (secondary N) is 2. The van der Waals surface area contributed by atoms with Crippen LogP contribution in [0.15, 0.2) is 18.2 Å². The molecular formula is C16H23ClN2O2S. The number of anilines is 1. The highest BCUT2D eigenvalue weighted by molar-refractivity contribution is 7.80. The first-order chi connectivity index (χ1) is 10.2. The smallest absolute Gasteiger partial charge is 0.306 e. The Morgan fingerprint density at radius 1 is 1.36 bits per heavy atom. The van der Waals surface area contributed by atoms with Crippen LogP contribution in [0.1, 0.15) is 39.2 Å². The van der Waals surface area contributed by atoms with E-state index in [4.69, 9.17) is 28.6 Å². The van der Waals surface area contributed by atoms with Crippen LogP contribution in [0.3, 0.4) is 0 Å². The van der Waals surface area contributed by atoms with E-state index >= 15 is 0 Å². The van der Waals surface area contributed by atoms with Crippen LogP contribution in [0.4, 0.5) is 5.69 Å². The van der Waals surface area contributed by atoms with Crippen molar-refractivity contribution in [3.63, 3.8) is 0 Å². The van der Waals surface area contributed by atoms with Gasteiger partial charge in [-0.2, -0.15) is 0 Å². The minimum atomic E-state index is -0.441. The molecule has 0 heterocycles. The van der Waals surface area contributed by atoms with E-state index in [1.807, 2.05) is 45.9 Å². The summed E-state index contributed by atoms with van der Waals surface area (Å²) in [7, 11) is 0. The summed E-state index contributed by atoms with van der Waals surface area (Å²) in [6.45, 7) is 8.13. The van der Waals surface area contributed by atoms with Gasteiger partial charge in [-0.25, -0.2) is 0 Å². The van der Waals surface area contributed by atoms with Gasteiger partial charge in [-0.15, -0.1) is 0 Å².